The summed E-state index contributed by atoms with van der Waals surface area (Å²) in [7, 11) is 1.17. The van der Waals surface area contributed by atoms with Gasteiger partial charge in [-0.1, -0.05) is 0 Å². The third kappa shape index (κ3) is 5.25. The first-order chi connectivity index (χ1) is 15.7. The predicted octanol–water partition coefficient (Wildman–Crippen LogP) is 3.46. The fourth-order valence-corrected chi connectivity index (χ4v) is 2.99. The highest BCUT2D eigenvalue weighted by Gasteiger charge is 2.20. The molecule has 0 saturated heterocycles. The second kappa shape index (κ2) is 9.52. The summed E-state index contributed by atoms with van der Waals surface area (Å²) in [5, 5.41) is 24.3. The molecule has 6 N–H and O–H groups in total. The van der Waals surface area contributed by atoms with Crippen LogP contribution in [0.2, 0.25) is 0 Å². The van der Waals surface area contributed by atoms with Gasteiger partial charge in [0, 0.05) is 11.4 Å². The molecule has 0 atom stereocenters. The van der Waals surface area contributed by atoms with Crippen molar-refractivity contribution in [1.82, 2.24) is 0 Å². The van der Waals surface area contributed by atoms with Crippen LogP contribution in [-0.4, -0.2) is 41.1 Å². The molecule has 0 aliphatic carbocycles. The highest BCUT2D eigenvalue weighted by atomic mass is 16.5. The number of aromatic carboxylic acids is 2. The molecule has 0 bridgehead atoms. The Balaban J connectivity index is 2.07. The molecule has 10 nitrogen and oxygen atoms in total. The van der Waals surface area contributed by atoms with Gasteiger partial charge >= 0.3 is 17.9 Å². The molecule has 0 spiro atoms. The zero-order chi connectivity index (χ0) is 24.1. The van der Waals surface area contributed by atoms with E-state index in [0.29, 0.717) is 22.7 Å². The van der Waals surface area contributed by atoms with Crippen LogP contribution in [0.3, 0.4) is 0 Å². The molecular formula is C23H19N3O7. The summed E-state index contributed by atoms with van der Waals surface area (Å²) in [5.74, 6) is -3.78. The predicted molar refractivity (Wildman–Crippen MR) is 120 cm³/mol. The van der Waals surface area contributed by atoms with Crippen molar-refractivity contribution < 1.29 is 34.1 Å². The second-order valence-corrected chi connectivity index (χ2v) is 6.81. The smallest absolute Gasteiger partial charge is 0.338 e. The topological polar surface area (TPSA) is 168 Å². The number of carboxylic acids is 2. The van der Waals surface area contributed by atoms with E-state index in [1.807, 2.05) is 0 Å². The van der Waals surface area contributed by atoms with Gasteiger partial charge in [0.25, 0.3) is 0 Å². The highest BCUT2D eigenvalue weighted by Crippen LogP contribution is 2.32. The molecule has 0 saturated carbocycles. The van der Waals surface area contributed by atoms with E-state index >= 15 is 0 Å². The molecule has 3 rings (SSSR count). The number of methoxy groups -OCH3 is 1. The highest BCUT2D eigenvalue weighted by molar-refractivity contribution is 6.07. The van der Waals surface area contributed by atoms with Gasteiger partial charge in [0.1, 0.15) is 0 Å². The number of primary amides is 1. The van der Waals surface area contributed by atoms with E-state index in [1.54, 1.807) is 0 Å². The number of rotatable bonds is 8. The number of nitrogens with one attached hydrogen (secondary N) is 2. The van der Waals surface area contributed by atoms with E-state index < -0.39 is 23.8 Å². The van der Waals surface area contributed by atoms with Gasteiger partial charge in [0.15, 0.2) is 0 Å². The number of esters is 1. The molecule has 0 aliphatic heterocycles. The molecule has 0 fully saturated rings. The number of hydrogen-bond donors (Lipinski definition) is 5. The van der Waals surface area contributed by atoms with Gasteiger partial charge in [-0.3, -0.25) is 4.79 Å². The minimum atomic E-state index is -1.08. The SMILES string of the molecule is COC(=O)c1cc(Nc2ccc(C(=O)O)cc2)c(Nc2ccc(C(=O)O)cc2)cc1C(N)=O. The molecule has 0 radical (unpaired) electrons. The molecule has 3 aromatic rings. The third-order valence-corrected chi connectivity index (χ3v) is 4.65. The summed E-state index contributed by atoms with van der Waals surface area (Å²) in [5.41, 5.74) is 7.20. The largest absolute Gasteiger partial charge is 0.478 e. The minimum absolute atomic E-state index is 0.0681. The van der Waals surface area contributed by atoms with Crippen LogP contribution in [0.25, 0.3) is 0 Å². The molecule has 10 heteroatoms. The Bertz CT molecular complexity index is 1240. The lowest BCUT2D eigenvalue weighted by Gasteiger charge is -2.17. The molecule has 0 heterocycles. The lowest BCUT2D eigenvalue weighted by Crippen LogP contribution is -2.18. The average Bonchev–Trinajstić information content (AvgIpc) is 2.79. The van der Waals surface area contributed by atoms with E-state index in [0.717, 1.165) is 0 Å². The Labute approximate surface area is 187 Å². The first kappa shape index (κ1) is 22.8. The number of carbonyl (C=O) groups is 4. The van der Waals surface area contributed by atoms with Crippen LogP contribution < -0.4 is 16.4 Å². The van der Waals surface area contributed by atoms with Gasteiger partial charge in [-0.15, -0.1) is 0 Å². The van der Waals surface area contributed by atoms with Gasteiger partial charge < -0.3 is 31.3 Å². The Morgan fingerprint density at radius 1 is 0.727 bits per heavy atom. The van der Waals surface area contributed by atoms with Gasteiger partial charge in [0.05, 0.1) is 40.7 Å². The fourth-order valence-electron chi connectivity index (χ4n) is 2.99. The maximum absolute atomic E-state index is 12.2. The van der Waals surface area contributed by atoms with E-state index in [4.69, 9.17) is 20.7 Å². The number of anilines is 4. The number of benzene rings is 3. The Morgan fingerprint density at radius 2 is 1.12 bits per heavy atom. The van der Waals surface area contributed by atoms with Crippen LogP contribution in [0.15, 0.2) is 60.7 Å². The number of ether oxygens (including phenoxy) is 1. The van der Waals surface area contributed by atoms with Gasteiger partial charge in [-0.25, -0.2) is 14.4 Å². The van der Waals surface area contributed by atoms with Crippen molar-refractivity contribution in [3.05, 3.63) is 82.9 Å². The second-order valence-electron chi connectivity index (χ2n) is 6.81. The van der Waals surface area contributed by atoms with Crippen LogP contribution in [-0.2, 0) is 4.74 Å². The maximum atomic E-state index is 12.2. The van der Waals surface area contributed by atoms with Gasteiger partial charge in [-0.2, -0.15) is 0 Å². The van der Waals surface area contributed by atoms with Crippen LogP contribution in [0.5, 0.6) is 0 Å². The molecular weight excluding hydrogens is 430 g/mol. The van der Waals surface area contributed by atoms with Crippen molar-refractivity contribution in [3.63, 3.8) is 0 Å². The quantitative estimate of drug-likeness (QED) is 0.323. The lowest BCUT2D eigenvalue weighted by molar-refractivity contribution is 0.0595. The first-order valence-corrected chi connectivity index (χ1v) is 9.46. The van der Waals surface area contributed by atoms with Crippen LogP contribution in [0, 0.1) is 0 Å². The summed E-state index contributed by atoms with van der Waals surface area (Å²) in [4.78, 5) is 46.4. The lowest BCUT2D eigenvalue weighted by atomic mass is 10.0. The summed E-state index contributed by atoms with van der Waals surface area (Å²) >= 11 is 0. The van der Waals surface area contributed by atoms with Crippen molar-refractivity contribution in [2.24, 2.45) is 5.73 Å². The number of carbonyl (C=O) groups excluding carboxylic acids is 2. The third-order valence-electron chi connectivity index (χ3n) is 4.65. The van der Waals surface area contributed by atoms with E-state index in [2.05, 4.69) is 10.6 Å². The average molecular weight is 449 g/mol. The zero-order valence-electron chi connectivity index (χ0n) is 17.3. The number of carboxylic acid groups (broad SMARTS) is 2. The summed E-state index contributed by atoms with van der Waals surface area (Å²) in [6.45, 7) is 0. The summed E-state index contributed by atoms with van der Waals surface area (Å²) in [6.07, 6.45) is 0. The van der Waals surface area contributed by atoms with E-state index in [1.165, 1.54) is 67.8 Å². The normalized spacial score (nSPS) is 10.2. The molecule has 0 aromatic heterocycles. The maximum Gasteiger partial charge on any atom is 0.338 e. The van der Waals surface area contributed by atoms with Crippen molar-refractivity contribution in [1.29, 1.82) is 0 Å². The van der Waals surface area contributed by atoms with Crippen molar-refractivity contribution in [2.75, 3.05) is 17.7 Å². The monoisotopic (exact) mass is 449 g/mol. The van der Waals surface area contributed by atoms with Crippen molar-refractivity contribution in [3.8, 4) is 0 Å². The molecule has 33 heavy (non-hydrogen) atoms. The zero-order valence-corrected chi connectivity index (χ0v) is 17.3. The van der Waals surface area contributed by atoms with Crippen molar-refractivity contribution in [2.45, 2.75) is 0 Å². The van der Waals surface area contributed by atoms with Crippen LogP contribution in [0.1, 0.15) is 41.4 Å². The van der Waals surface area contributed by atoms with Crippen LogP contribution in [0.4, 0.5) is 22.7 Å². The van der Waals surface area contributed by atoms with Crippen LogP contribution >= 0.6 is 0 Å². The number of nitrogens with two attached hydrogens (primary N) is 1. The summed E-state index contributed by atoms with van der Waals surface area (Å²) in [6, 6.07) is 14.5. The molecule has 3 aromatic carbocycles. The first-order valence-electron chi connectivity index (χ1n) is 9.46. The molecule has 0 unspecified atom stereocenters. The van der Waals surface area contributed by atoms with E-state index in [-0.39, 0.29) is 22.3 Å². The minimum Gasteiger partial charge on any atom is -0.478 e. The van der Waals surface area contributed by atoms with Gasteiger partial charge in [0.2, 0.25) is 5.91 Å². The molecule has 0 aliphatic rings. The standard InChI is InChI=1S/C23H19N3O7/c1-33-23(32)17-11-19(26-15-8-4-13(5-9-15)22(30)31)18(10-16(17)20(24)27)25-14-6-2-12(3-7-14)21(28)29/h2-11,25-26H,1H3,(H2,24,27)(H,28,29)(H,30,31). The Kier molecular flexibility index (Phi) is 6.58. The Morgan fingerprint density at radius 3 is 1.45 bits per heavy atom. The number of hydrogen-bond acceptors (Lipinski definition) is 7. The fraction of sp³-hybridized carbons (Fsp3) is 0.0435. The summed E-state index contributed by atoms with van der Waals surface area (Å²) < 4.78 is 4.75. The number of amides is 1. The van der Waals surface area contributed by atoms with Crippen molar-refractivity contribution >= 4 is 46.6 Å². The van der Waals surface area contributed by atoms with E-state index in [9.17, 15) is 19.2 Å². The Hall–Kier alpha value is -4.86. The molecule has 1 amide bonds. The van der Waals surface area contributed by atoms with Gasteiger partial charge in [-0.05, 0) is 60.7 Å². The molecule has 168 valence electrons.